The normalized spacial score (nSPS) is 21.4. The first-order valence-corrected chi connectivity index (χ1v) is 13.5. The predicted molar refractivity (Wildman–Crippen MR) is 141 cm³/mol. The van der Waals surface area contributed by atoms with Crippen LogP contribution in [0.5, 0.6) is 0 Å². The summed E-state index contributed by atoms with van der Waals surface area (Å²) < 4.78 is 44.5. The summed E-state index contributed by atoms with van der Waals surface area (Å²) in [6.45, 7) is 0.00809. The molecule has 2 saturated heterocycles. The average molecular weight is 562 g/mol. The van der Waals surface area contributed by atoms with Crippen molar-refractivity contribution in [3.05, 3.63) is 105 Å². The van der Waals surface area contributed by atoms with Crippen LogP contribution in [-0.2, 0) is 17.8 Å². The maximum Gasteiger partial charge on any atom is 0.261 e. The van der Waals surface area contributed by atoms with E-state index in [9.17, 15) is 28.0 Å². The first kappa shape index (κ1) is 26.7. The number of primary amides is 1. The lowest BCUT2D eigenvalue weighted by molar-refractivity contribution is -0.117. The fourth-order valence-corrected chi connectivity index (χ4v) is 6.61. The third-order valence-corrected chi connectivity index (χ3v) is 8.40. The lowest BCUT2D eigenvalue weighted by Gasteiger charge is -2.39. The second-order valence-corrected chi connectivity index (χ2v) is 10.9. The first-order valence-electron chi connectivity index (χ1n) is 13.5. The van der Waals surface area contributed by atoms with Crippen LogP contribution in [0.25, 0.3) is 0 Å². The minimum atomic E-state index is -1.28. The van der Waals surface area contributed by atoms with Crippen molar-refractivity contribution in [1.82, 2.24) is 9.80 Å². The van der Waals surface area contributed by atoms with E-state index >= 15 is 4.39 Å². The van der Waals surface area contributed by atoms with Crippen molar-refractivity contribution in [3.8, 4) is 0 Å². The summed E-state index contributed by atoms with van der Waals surface area (Å²) >= 11 is 0. The summed E-state index contributed by atoms with van der Waals surface area (Å²) in [7, 11) is 0. The number of piperidine rings is 1. The van der Waals surface area contributed by atoms with E-state index < -0.39 is 53.1 Å². The zero-order valence-electron chi connectivity index (χ0n) is 21.9. The number of benzene rings is 3. The fourth-order valence-electron chi connectivity index (χ4n) is 6.61. The fraction of sp³-hybridized carbons (Fsp3) is 0.290. The molecule has 41 heavy (non-hydrogen) atoms. The molecule has 3 aromatic rings. The van der Waals surface area contributed by atoms with Crippen molar-refractivity contribution in [3.63, 3.8) is 0 Å². The first-order chi connectivity index (χ1) is 19.6. The van der Waals surface area contributed by atoms with E-state index in [4.69, 9.17) is 5.73 Å². The SMILES string of the molecule is NC(=O)Cc1cc(F)c(F)c(C2CC3CC[C@H](C2)N3C(=O)c2cccc(CN3C(=O)c4ccccc4C3=O)c2)c1F. The third kappa shape index (κ3) is 4.57. The third-order valence-electron chi connectivity index (χ3n) is 8.40. The topological polar surface area (TPSA) is 101 Å². The number of carbonyl (C=O) groups is 4. The molecular formula is C31H26F3N3O4. The standard InChI is InChI=1S/C31H26F3N3O4/c32-24-13-19(14-25(35)38)27(33)26(28(24)34)18-11-20-8-9-21(12-18)37(20)29(39)17-5-3-4-16(10-17)15-36-30(40)22-6-1-2-7-23(22)31(36)41/h1-7,10,13,18,20-21H,8-9,11-12,14-15H2,(H2,35,38)/t18?,20-,21?/m1/s1. The molecule has 0 aliphatic carbocycles. The van der Waals surface area contributed by atoms with Crippen LogP contribution in [-0.4, -0.2) is 45.5 Å². The van der Waals surface area contributed by atoms with E-state index in [2.05, 4.69) is 0 Å². The highest BCUT2D eigenvalue weighted by Gasteiger charge is 2.45. The summed E-state index contributed by atoms with van der Waals surface area (Å²) in [5.41, 5.74) is 6.15. The van der Waals surface area contributed by atoms with Crippen LogP contribution in [0.2, 0.25) is 0 Å². The number of rotatable bonds is 6. The summed E-state index contributed by atoms with van der Waals surface area (Å²) in [4.78, 5) is 53.5. The van der Waals surface area contributed by atoms with E-state index in [-0.39, 0.29) is 42.9 Å². The lowest BCUT2D eigenvalue weighted by atomic mass is 9.83. The van der Waals surface area contributed by atoms with Gasteiger partial charge in [-0.1, -0.05) is 24.3 Å². The van der Waals surface area contributed by atoms with Gasteiger partial charge >= 0.3 is 0 Å². The molecule has 2 bridgehead atoms. The molecule has 0 radical (unpaired) electrons. The minimum absolute atomic E-state index is 0.00809. The Morgan fingerprint density at radius 3 is 2.10 bits per heavy atom. The molecular weight excluding hydrogens is 535 g/mol. The Labute approximate surface area is 233 Å². The van der Waals surface area contributed by atoms with Gasteiger partial charge in [-0.2, -0.15) is 0 Å². The maximum absolute atomic E-state index is 15.3. The molecule has 210 valence electrons. The van der Waals surface area contributed by atoms with Gasteiger partial charge in [0.1, 0.15) is 5.82 Å². The second kappa shape index (κ2) is 10.2. The second-order valence-electron chi connectivity index (χ2n) is 10.9. The molecule has 3 aliphatic rings. The number of carbonyl (C=O) groups excluding carboxylic acids is 4. The predicted octanol–water partition coefficient (Wildman–Crippen LogP) is 4.48. The molecule has 7 nitrogen and oxygen atoms in total. The van der Waals surface area contributed by atoms with E-state index in [0.29, 0.717) is 41.2 Å². The van der Waals surface area contributed by atoms with Crippen LogP contribution >= 0.6 is 0 Å². The van der Waals surface area contributed by atoms with Gasteiger partial charge in [0.2, 0.25) is 5.91 Å². The van der Waals surface area contributed by atoms with Crippen molar-refractivity contribution in [2.75, 3.05) is 0 Å². The van der Waals surface area contributed by atoms with Crippen LogP contribution in [0.1, 0.15) is 79.4 Å². The van der Waals surface area contributed by atoms with Crippen LogP contribution < -0.4 is 5.73 Å². The summed E-state index contributed by atoms with van der Waals surface area (Å²) in [6.07, 6.45) is 1.20. The number of nitrogens with zero attached hydrogens (tertiary/aromatic N) is 2. The van der Waals surface area contributed by atoms with E-state index in [1.807, 2.05) is 0 Å². The summed E-state index contributed by atoms with van der Waals surface area (Å²) in [5, 5.41) is 0. The van der Waals surface area contributed by atoms with Crippen molar-refractivity contribution in [1.29, 1.82) is 0 Å². The van der Waals surface area contributed by atoms with Gasteiger partial charge in [-0.25, -0.2) is 13.2 Å². The van der Waals surface area contributed by atoms with Crippen molar-refractivity contribution in [2.24, 2.45) is 5.73 Å². The van der Waals surface area contributed by atoms with Gasteiger partial charge in [-0.3, -0.25) is 24.1 Å². The summed E-state index contributed by atoms with van der Waals surface area (Å²) in [5.74, 6) is -6.04. The molecule has 10 heteroatoms. The Bertz CT molecular complexity index is 1580. The van der Waals surface area contributed by atoms with Gasteiger partial charge in [0, 0.05) is 28.8 Å². The Balaban J connectivity index is 1.21. The smallest absolute Gasteiger partial charge is 0.261 e. The van der Waals surface area contributed by atoms with Gasteiger partial charge in [-0.05, 0) is 67.5 Å². The molecule has 3 aliphatic heterocycles. The number of hydrogen-bond acceptors (Lipinski definition) is 4. The number of halogens is 3. The van der Waals surface area contributed by atoms with Gasteiger partial charge < -0.3 is 10.6 Å². The van der Waals surface area contributed by atoms with E-state index in [1.165, 1.54) is 0 Å². The number of fused-ring (bicyclic) bond motifs is 3. The zero-order chi connectivity index (χ0) is 29.0. The van der Waals surface area contributed by atoms with Gasteiger partial charge in [0.15, 0.2) is 11.6 Å². The molecule has 4 amide bonds. The Hall–Kier alpha value is -4.47. The lowest BCUT2D eigenvalue weighted by Crippen LogP contribution is -2.46. The molecule has 2 fully saturated rings. The highest BCUT2D eigenvalue weighted by atomic mass is 19.2. The Morgan fingerprint density at radius 2 is 1.49 bits per heavy atom. The number of hydrogen-bond donors (Lipinski definition) is 1. The summed E-state index contributed by atoms with van der Waals surface area (Å²) in [6, 6.07) is 13.4. The Kier molecular flexibility index (Phi) is 6.63. The van der Waals surface area contributed by atoms with Gasteiger partial charge in [-0.15, -0.1) is 0 Å². The molecule has 0 spiro atoms. The van der Waals surface area contributed by atoms with Crippen molar-refractivity contribution in [2.45, 2.75) is 56.7 Å². The number of nitrogens with two attached hydrogens (primary N) is 1. The van der Waals surface area contributed by atoms with E-state index in [0.717, 1.165) is 4.90 Å². The van der Waals surface area contributed by atoms with Gasteiger partial charge in [0.25, 0.3) is 17.7 Å². The molecule has 3 atom stereocenters. The zero-order valence-corrected chi connectivity index (χ0v) is 21.9. The monoisotopic (exact) mass is 561 g/mol. The highest BCUT2D eigenvalue weighted by molar-refractivity contribution is 6.21. The molecule has 2 N–H and O–H groups in total. The largest absolute Gasteiger partial charge is 0.369 e. The molecule has 6 rings (SSSR count). The molecule has 0 aromatic heterocycles. The van der Waals surface area contributed by atoms with Crippen LogP contribution in [0.15, 0.2) is 54.6 Å². The molecule has 3 heterocycles. The quantitative estimate of drug-likeness (QED) is 0.354. The highest BCUT2D eigenvalue weighted by Crippen LogP contribution is 2.45. The van der Waals surface area contributed by atoms with E-state index in [1.54, 1.807) is 53.4 Å². The minimum Gasteiger partial charge on any atom is -0.369 e. The van der Waals surface area contributed by atoms with Crippen LogP contribution in [0.3, 0.4) is 0 Å². The number of amides is 4. The van der Waals surface area contributed by atoms with Crippen LogP contribution in [0.4, 0.5) is 13.2 Å². The van der Waals surface area contributed by atoms with Gasteiger partial charge in [0.05, 0.1) is 24.1 Å². The van der Waals surface area contributed by atoms with Crippen LogP contribution in [0, 0.1) is 17.5 Å². The molecule has 0 saturated carbocycles. The number of imide groups is 1. The molecule has 3 aromatic carbocycles. The maximum atomic E-state index is 15.3. The molecule has 2 unspecified atom stereocenters. The average Bonchev–Trinajstić information content (AvgIpc) is 3.35. The van der Waals surface area contributed by atoms with Crippen molar-refractivity contribution >= 4 is 23.6 Å². The van der Waals surface area contributed by atoms with Crippen molar-refractivity contribution < 1.29 is 32.3 Å². The Morgan fingerprint density at radius 1 is 0.854 bits per heavy atom.